The Hall–Kier alpha value is -2.24. The van der Waals surface area contributed by atoms with Crippen LogP contribution >= 0.6 is 0 Å². The fourth-order valence-electron chi connectivity index (χ4n) is 4.15. The fraction of sp³-hybridized carbons (Fsp3) is 0.636. The summed E-state index contributed by atoms with van der Waals surface area (Å²) >= 11 is 0. The maximum absolute atomic E-state index is 12.5. The Morgan fingerprint density at radius 2 is 2.14 bits per heavy atom. The lowest BCUT2D eigenvalue weighted by molar-refractivity contribution is -0.132. The molecule has 6 nitrogen and oxygen atoms in total. The van der Waals surface area contributed by atoms with E-state index in [0.29, 0.717) is 18.9 Å². The van der Waals surface area contributed by atoms with Gasteiger partial charge >= 0.3 is 0 Å². The molecule has 1 aromatic rings. The number of hydrogen-bond donors (Lipinski definition) is 2. The van der Waals surface area contributed by atoms with Gasteiger partial charge in [0.25, 0.3) is 0 Å². The summed E-state index contributed by atoms with van der Waals surface area (Å²) in [5.74, 6) is 2.47. The molecule has 1 saturated heterocycles. The topological polar surface area (TPSA) is 66.0 Å². The van der Waals surface area contributed by atoms with E-state index < -0.39 is 0 Å². The van der Waals surface area contributed by atoms with Crippen molar-refractivity contribution in [1.29, 1.82) is 0 Å². The van der Waals surface area contributed by atoms with Gasteiger partial charge in [0.15, 0.2) is 5.96 Å². The van der Waals surface area contributed by atoms with E-state index in [1.165, 1.54) is 6.42 Å². The summed E-state index contributed by atoms with van der Waals surface area (Å²) in [6.07, 6.45) is 3.67. The Kier molecular flexibility index (Phi) is 6.47. The lowest BCUT2D eigenvalue weighted by atomic mass is 9.90. The molecule has 0 aromatic heterocycles. The van der Waals surface area contributed by atoms with Gasteiger partial charge in [0.05, 0.1) is 6.04 Å². The van der Waals surface area contributed by atoms with Crippen molar-refractivity contribution in [2.75, 3.05) is 26.7 Å². The summed E-state index contributed by atoms with van der Waals surface area (Å²) in [6.45, 7) is 8.79. The standard InChI is InChI=1S/C22H34N4O2/c1-16-8-7-13-26(15-16)20(27)11-12-24-21(23-4)25-18-14-22(2,3)28-19-10-6-5-9-17(18)19/h5-6,9-10,16,18H,7-8,11-15H2,1-4H3,(H2,23,24,25). The molecule has 2 aliphatic heterocycles. The molecule has 0 spiro atoms. The van der Waals surface area contributed by atoms with E-state index in [4.69, 9.17) is 4.74 Å². The second-order valence-electron chi connectivity index (χ2n) is 8.64. The number of nitrogens with zero attached hydrogens (tertiary/aromatic N) is 2. The average molecular weight is 387 g/mol. The Morgan fingerprint density at radius 1 is 1.36 bits per heavy atom. The van der Waals surface area contributed by atoms with Crippen molar-refractivity contribution < 1.29 is 9.53 Å². The summed E-state index contributed by atoms with van der Waals surface area (Å²) < 4.78 is 6.10. The van der Waals surface area contributed by atoms with Gasteiger partial charge in [-0.3, -0.25) is 9.79 Å². The molecule has 2 heterocycles. The van der Waals surface area contributed by atoms with E-state index in [0.717, 1.165) is 43.2 Å². The first-order valence-electron chi connectivity index (χ1n) is 10.4. The third kappa shape index (κ3) is 5.18. The third-order valence-electron chi connectivity index (χ3n) is 5.55. The van der Waals surface area contributed by atoms with E-state index >= 15 is 0 Å². The summed E-state index contributed by atoms with van der Waals surface area (Å²) in [5, 5.41) is 6.82. The SMILES string of the molecule is CN=C(NCCC(=O)N1CCCC(C)C1)NC1CC(C)(C)Oc2ccccc21. The van der Waals surface area contributed by atoms with Crippen LogP contribution in [0, 0.1) is 5.92 Å². The Labute approximate surface area is 168 Å². The van der Waals surface area contributed by atoms with Crippen LogP contribution < -0.4 is 15.4 Å². The van der Waals surface area contributed by atoms with Crippen molar-refractivity contribution in [3.63, 3.8) is 0 Å². The van der Waals surface area contributed by atoms with Crippen LogP contribution in [0.15, 0.2) is 29.3 Å². The molecule has 6 heteroatoms. The number of guanidine groups is 1. The highest BCUT2D eigenvalue weighted by Crippen LogP contribution is 2.39. The van der Waals surface area contributed by atoms with Gasteiger partial charge in [0.1, 0.15) is 11.4 Å². The van der Waals surface area contributed by atoms with Crippen molar-refractivity contribution in [3.05, 3.63) is 29.8 Å². The number of aliphatic imine (C=N–C) groups is 1. The predicted octanol–water partition coefficient (Wildman–Crippen LogP) is 3.10. The minimum atomic E-state index is -0.244. The number of rotatable bonds is 4. The Balaban J connectivity index is 1.54. The van der Waals surface area contributed by atoms with Crippen LogP contribution in [-0.4, -0.2) is 49.0 Å². The maximum atomic E-state index is 12.5. The van der Waals surface area contributed by atoms with Crippen LogP contribution in [0.25, 0.3) is 0 Å². The van der Waals surface area contributed by atoms with Gasteiger partial charge < -0.3 is 20.3 Å². The first-order chi connectivity index (χ1) is 13.4. The van der Waals surface area contributed by atoms with Gasteiger partial charge in [-0.2, -0.15) is 0 Å². The molecule has 2 atom stereocenters. The number of fused-ring (bicyclic) bond motifs is 1. The summed E-state index contributed by atoms with van der Waals surface area (Å²) in [4.78, 5) is 18.8. The second kappa shape index (κ2) is 8.84. The van der Waals surface area contributed by atoms with Crippen LogP contribution in [0.1, 0.15) is 58.1 Å². The van der Waals surface area contributed by atoms with Gasteiger partial charge in [0, 0.05) is 45.1 Å². The smallest absolute Gasteiger partial charge is 0.224 e. The minimum absolute atomic E-state index is 0.116. The molecule has 0 radical (unpaired) electrons. The van der Waals surface area contributed by atoms with Gasteiger partial charge in [-0.05, 0) is 38.7 Å². The highest BCUT2D eigenvalue weighted by Gasteiger charge is 2.34. The van der Waals surface area contributed by atoms with E-state index in [1.54, 1.807) is 7.05 Å². The van der Waals surface area contributed by atoms with Crippen LogP contribution in [0.5, 0.6) is 5.75 Å². The number of carbonyl (C=O) groups is 1. The quantitative estimate of drug-likeness (QED) is 0.616. The van der Waals surface area contributed by atoms with E-state index in [1.807, 2.05) is 23.1 Å². The maximum Gasteiger partial charge on any atom is 0.224 e. The van der Waals surface area contributed by atoms with Crippen molar-refractivity contribution in [2.24, 2.45) is 10.9 Å². The van der Waals surface area contributed by atoms with Gasteiger partial charge in [-0.1, -0.05) is 25.1 Å². The number of hydrogen-bond acceptors (Lipinski definition) is 3. The molecule has 2 N–H and O–H groups in total. The van der Waals surface area contributed by atoms with Gasteiger partial charge in [-0.15, -0.1) is 0 Å². The highest BCUT2D eigenvalue weighted by molar-refractivity contribution is 5.81. The number of piperidine rings is 1. The molecule has 1 amide bonds. The van der Waals surface area contributed by atoms with E-state index in [-0.39, 0.29) is 17.6 Å². The fourth-order valence-corrected chi connectivity index (χ4v) is 4.15. The molecule has 28 heavy (non-hydrogen) atoms. The summed E-state index contributed by atoms with van der Waals surface area (Å²) in [6, 6.07) is 8.25. The zero-order valence-corrected chi connectivity index (χ0v) is 17.6. The van der Waals surface area contributed by atoms with Crippen molar-refractivity contribution >= 4 is 11.9 Å². The number of benzene rings is 1. The number of ether oxygens (including phenoxy) is 1. The Morgan fingerprint density at radius 3 is 2.89 bits per heavy atom. The molecule has 0 aliphatic carbocycles. The second-order valence-corrected chi connectivity index (χ2v) is 8.64. The Bertz CT molecular complexity index is 716. The molecule has 0 bridgehead atoms. The number of nitrogens with one attached hydrogen (secondary N) is 2. The lowest BCUT2D eigenvalue weighted by Crippen LogP contribution is -2.46. The van der Waals surface area contributed by atoms with E-state index in [9.17, 15) is 4.79 Å². The summed E-state index contributed by atoms with van der Waals surface area (Å²) in [7, 11) is 1.76. The van der Waals surface area contributed by atoms with Crippen molar-refractivity contribution in [3.8, 4) is 5.75 Å². The van der Waals surface area contributed by atoms with Crippen molar-refractivity contribution in [2.45, 2.75) is 58.1 Å². The minimum Gasteiger partial charge on any atom is -0.487 e. The average Bonchev–Trinajstić information content (AvgIpc) is 2.66. The number of likely N-dealkylation sites (tertiary alicyclic amines) is 1. The van der Waals surface area contributed by atoms with E-state index in [2.05, 4.69) is 42.5 Å². The predicted molar refractivity (Wildman–Crippen MR) is 113 cm³/mol. The molecule has 1 fully saturated rings. The number of para-hydroxylation sites is 1. The monoisotopic (exact) mass is 386 g/mol. The molecular formula is C22H34N4O2. The third-order valence-corrected chi connectivity index (χ3v) is 5.55. The zero-order chi connectivity index (χ0) is 20.1. The largest absolute Gasteiger partial charge is 0.487 e. The molecule has 154 valence electrons. The first-order valence-corrected chi connectivity index (χ1v) is 10.4. The molecule has 1 aromatic carbocycles. The first kappa shape index (κ1) is 20.5. The van der Waals surface area contributed by atoms with Crippen LogP contribution in [0.2, 0.25) is 0 Å². The molecule has 2 unspecified atom stereocenters. The number of carbonyl (C=O) groups excluding carboxylic acids is 1. The van der Waals surface area contributed by atoms with Crippen LogP contribution in [0.3, 0.4) is 0 Å². The number of amides is 1. The normalized spacial score (nSPS) is 24.1. The molecule has 2 aliphatic rings. The summed E-state index contributed by atoms with van der Waals surface area (Å²) in [5.41, 5.74) is 0.898. The molecule has 3 rings (SSSR count). The molecule has 0 saturated carbocycles. The van der Waals surface area contributed by atoms with Crippen molar-refractivity contribution in [1.82, 2.24) is 15.5 Å². The zero-order valence-electron chi connectivity index (χ0n) is 17.6. The van der Waals surface area contributed by atoms with Crippen LogP contribution in [0.4, 0.5) is 0 Å². The van der Waals surface area contributed by atoms with Crippen LogP contribution in [-0.2, 0) is 4.79 Å². The van der Waals surface area contributed by atoms with Gasteiger partial charge in [0.2, 0.25) is 5.91 Å². The van der Waals surface area contributed by atoms with Gasteiger partial charge in [-0.25, -0.2) is 0 Å². The lowest BCUT2D eigenvalue weighted by Gasteiger charge is -2.38. The molecular weight excluding hydrogens is 352 g/mol. The highest BCUT2D eigenvalue weighted by atomic mass is 16.5.